The molecule has 2 heterocycles. The van der Waals surface area contributed by atoms with Crippen LogP contribution in [0.1, 0.15) is 62.9 Å². The third-order valence-electron chi connectivity index (χ3n) is 4.84. The Bertz CT molecular complexity index is 453. The average molecular weight is 293 g/mol. The van der Waals surface area contributed by atoms with Gasteiger partial charge in [0.25, 0.3) is 0 Å². The molecule has 0 amide bonds. The normalized spacial score (nSPS) is 27.1. The molecule has 1 saturated carbocycles. The van der Waals surface area contributed by atoms with Crippen LogP contribution in [0.3, 0.4) is 0 Å². The molecule has 1 N–H and O–H groups in total. The van der Waals surface area contributed by atoms with Crippen LogP contribution in [0.15, 0.2) is 0 Å². The van der Waals surface area contributed by atoms with E-state index < -0.39 is 0 Å². The lowest BCUT2D eigenvalue weighted by atomic mass is 9.93. The van der Waals surface area contributed by atoms with Gasteiger partial charge in [-0.15, -0.1) is 11.3 Å². The van der Waals surface area contributed by atoms with Crippen LogP contribution < -0.4 is 10.2 Å². The van der Waals surface area contributed by atoms with Gasteiger partial charge in [0.1, 0.15) is 0 Å². The first kappa shape index (κ1) is 14.3. The van der Waals surface area contributed by atoms with Crippen molar-refractivity contribution < 1.29 is 0 Å². The van der Waals surface area contributed by atoms with E-state index in [1.54, 1.807) is 0 Å². The SMILES string of the molecule is CCNCc1sc(N2CCCC(C)C2C)nc1C1CC1. The van der Waals surface area contributed by atoms with E-state index in [0.717, 1.165) is 24.9 Å². The minimum absolute atomic E-state index is 0.633. The predicted octanol–water partition coefficient (Wildman–Crippen LogP) is 3.75. The highest BCUT2D eigenvalue weighted by Gasteiger charge is 2.32. The average Bonchev–Trinajstić information content (AvgIpc) is 3.20. The largest absolute Gasteiger partial charge is 0.345 e. The van der Waals surface area contributed by atoms with Crippen LogP contribution in [0, 0.1) is 5.92 Å². The number of piperidine rings is 1. The summed E-state index contributed by atoms with van der Waals surface area (Å²) in [6.07, 6.45) is 5.36. The lowest BCUT2D eigenvalue weighted by molar-refractivity contribution is 0.363. The molecule has 3 nitrogen and oxygen atoms in total. The first-order chi connectivity index (χ1) is 9.70. The number of hydrogen-bond acceptors (Lipinski definition) is 4. The van der Waals surface area contributed by atoms with Gasteiger partial charge in [-0.3, -0.25) is 0 Å². The molecule has 0 radical (unpaired) electrons. The molecule has 112 valence electrons. The first-order valence-corrected chi connectivity index (χ1v) is 8.99. The van der Waals surface area contributed by atoms with Crippen molar-refractivity contribution in [3.05, 3.63) is 10.6 Å². The van der Waals surface area contributed by atoms with Gasteiger partial charge in [-0.05, 0) is 45.1 Å². The van der Waals surface area contributed by atoms with Gasteiger partial charge >= 0.3 is 0 Å². The van der Waals surface area contributed by atoms with E-state index in [1.165, 1.54) is 47.9 Å². The number of nitrogens with zero attached hydrogens (tertiary/aromatic N) is 2. The molecule has 1 aliphatic carbocycles. The second-order valence-corrected chi connectivity index (χ2v) is 7.48. The summed E-state index contributed by atoms with van der Waals surface area (Å²) in [5.41, 5.74) is 1.40. The molecule has 1 aromatic heterocycles. The maximum atomic E-state index is 5.04. The minimum Gasteiger partial charge on any atom is -0.345 e. The Labute approximate surface area is 126 Å². The summed E-state index contributed by atoms with van der Waals surface area (Å²) in [6, 6.07) is 0.633. The lowest BCUT2D eigenvalue weighted by Crippen LogP contribution is -2.42. The summed E-state index contributed by atoms with van der Waals surface area (Å²) in [7, 11) is 0. The fourth-order valence-electron chi connectivity index (χ4n) is 3.12. The highest BCUT2D eigenvalue weighted by Crippen LogP contribution is 2.45. The van der Waals surface area contributed by atoms with Crippen LogP contribution in [0.5, 0.6) is 0 Å². The summed E-state index contributed by atoms with van der Waals surface area (Å²) >= 11 is 1.93. The highest BCUT2D eigenvalue weighted by molar-refractivity contribution is 7.15. The van der Waals surface area contributed by atoms with E-state index >= 15 is 0 Å². The number of rotatable bonds is 5. The molecule has 1 saturated heterocycles. The Kier molecular flexibility index (Phi) is 4.32. The molecule has 0 bridgehead atoms. The van der Waals surface area contributed by atoms with Crippen molar-refractivity contribution in [2.75, 3.05) is 18.0 Å². The van der Waals surface area contributed by atoms with Gasteiger partial charge in [0.2, 0.25) is 0 Å². The van der Waals surface area contributed by atoms with Crippen molar-refractivity contribution in [2.24, 2.45) is 5.92 Å². The van der Waals surface area contributed by atoms with Gasteiger partial charge in [0.05, 0.1) is 5.69 Å². The summed E-state index contributed by atoms with van der Waals surface area (Å²) in [6.45, 7) is 10.1. The molecule has 2 atom stereocenters. The molecule has 2 unspecified atom stereocenters. The van der Waals surface area contributed by atoms with Crippen LogP contribution in [-0.2, 0) is 6.54 Å². The Morgan fingerprint density at radius 2 is 2.10 bits per heavy atom. The maximum absolute atomic E-state index is 5.04. The van der Waals surface area contributed by atoms with E-state index in [1.807, 2.05) is 11.3 Å². The molecule has 2 fully saturated rings. The van der Waals surface area contributed by atoms with E-state index in [0.29, 0.717) is 6.04 Å². The van der Waals surface area contributed by atoms with E-state index in [9.17, 15) is 0 Å². The van der Waals surface area contributed by atoms with Gasteiger partial charge in [-0.25, -0.2) is 4.98 Å². The van der Waals surface area contributed by atoms with Crippen molar-refractivity contribution in [1.82, 2.24) is 10.3 Å². The molecule has 20 heavy (non-hydrogen) atoms. The molecule has 1 aromatic rings. The Hall–Kier alpha value is -0.610. The van der Waals surface area contributed by atoms with Crippen LogP contribution in [0.25, 0.3) is 0 Å². The zero-order chi connectivity index (χ0) is 14.1. The summed E-state index contributed by atoms with van der Waals surface area (Å²) in [4.78, 5) is 9.08. The van der Waals surface area contributed by atoms with Crippen molar-refractivity contribution >= 4 is 16.5 Å². The van der Waals surface area contributed by atoms with E-state index in [2.05, 4.69) is 31.0 Å². The number of nitrogens with one attached hydrogen (secondary N) is 1. The summed E-state index contributed by atoms with van der Waals surface area (Å²) in [5.74, 6) is 1.54. The first-order valence-electron chi connectivity index (χ1n) is 8.17. The molecular formula is C16H27N3S. The van der Waals surface area contributed by atoms with Crippen molar-refractivity contribution in [3.63, 3.8) is 0 Å². The summed E-state index contributed by atoms with van der Waals surface area (Å²) in [5, 5.41) is 4.75. The van der Waals surface area contributed by atoms with Crippen LogP contribution in [0.2, 0.25) is 0 Å². The number of anilines is 1. The number of thiazole rings is 1. The standard InChI is InChI=1S/C16H27N3S/c1-4-17-10-14-15(13-7-8-13)18-16(20-14)19-9-5-6-11(2)12(19)3/h11-13,17H,4-10H2,1-3H3. The Morgan fingerprint density at radius 3 is 2.80 bits per heavy atom. The van der Waals surface area contributed by atoms with Crippen LogP contribution in [-0.4, -0.2) is 24.1 Å². The quantitative estimate of drug-likeness (QED) is 0.896. The fourth-order valence-corrected chi connectivity index (χ4v) is 4.35. The molecule has 4 heteroatoms. The number of hydrogen-bond donors (Lipinski definition) is 1. The van der Waals surface area contributed by atoms with Gasteiger partial charge in [0, 0.05) is 29.9 Å². The maximum Gasteiger partial charge on any atom is 0.186 e. The molecular weight excluding hydrogens is 266 g/mol. The van der Waals surface area contributed by atoms with E-state index in [-0.39, 0.29) is 0 Å². The van der Waals surface area contributed by atoms with E-state index in [4.69, 9.17) is 4.98 Å². The zero-order valence-corrected chi connectivity index (χ0v) is 13.8. The molecule has 0 aromatic carbocycles. The Morgan fingerprint density at radius 1 is 1.30 bits per heavy atom. The van der Waals surface area contributed by atoms with Crippen molar-refractivity contribution in [2.45, 2.75) is 65.0 Å². The van der Waals surface area contributed by atoms with Gasteiger partial charge in [-0.1, -0.05) is 13.8 Å². The Balaban J connectivity index is 1.81. The van der Waals surface area contributed by atoms with Crippen molar-refractivity contribution in [3.8, 4) is 0 Å². The van der Waals surface area contributed by atoms with Gasteiger partial charge in [-0.2, -0.15) is 0 Å². The third-order valence-corrected chi connectivity index (χ3v) is 5.94. The lowest BCUT2D eigenvalue weighted by Gasteiger charge is -2.37. The second-order valence-electron chi connectivity index (χ2n) is 6.41. The third kappa shape index (κ3) is 2.86. The topological polar surface area (TPSA) is 28.2 Å². The highest BCUT2D eigenvalue weighted by atomic mass is 32.1. The molecule has 3 rings (SSSR count). The van der Waals surface area contributed by atoms with Crippen LogP contribution >= 0.6 is 11.3 Å². The molecule has 0 spiro atoms. The fraction of sp³-hybridized carbons (Fsp3) is 0.812. The summed E-state index contributed by atoms with van der Waals surface area (Å²) < 4.78 is 0. The monoisotopic (exact) mass is 293 g/mol. The predicted molar refractivity (Wildman–Crippen MR) is 86.7 cm³/mol. The molecule has 2 aliphatic rings. The van der Waals surface area contributed by atoms with Gasteiger partial charge < -0.3 is 10.2 Å². The smallest absolute Gasteiger partial charge is 0.186 e. The number of aromatic nitrogens is 1. The van der Waals surface area contributed by atoms with Crippen LogP contribution in [0.4, 0.5) is 5.13 Å². The van der Waals surface area contributed by atoms with Gasteiger partial charge in [0.15, 0.2) is 5.13 Å². The molecule has 1 aliphatic heterocycles. The zero-order valence-electron chi connectivity index (χ0n) is 13.0. The second kappa shape index (κ2) is 6.02. The minimum atomic E-state index is 0.633. The van der Waals surface area contributed by atoms with Crippen molar-refractivity contribution in [1.29, 1.82) is 0 Å².